The first-order chi connectivity index (χ1) is 10.2. The van der Waals surface area contributed by atoms with Crippen LogP contribution in [0.3, 0.4) is 0 Å². The molecule has 4 heteroatoms. The van der Waals surface area contributed by atoms with Crippen LogP contribution in [0.2, 0.25) is 0 Å². The molecule has 0 aliphatic rings. The summed E-state index contributed by atoms with van der Waals surface area (Å²) in [6.45, 7) is 1.99. The van der Waals surface area contributed by atoms with E-state index < -0.39 is 0 Å². The summed E-state index contributed by atoms with van der Waals surface area (Å²) < 4.78 is 1.10. The smallest absolute Gasteiger partial charge is 0.224 e. The van der Waals surface area contributed by atoms with E-state index >= 15 is 0 Å². The first-order valence-electron chi connectivity index (χ1n) is 6.92. The van der Waals surface area contributed by atoms with Crippen LogP contribution in [0.5, 0.6) is 0 Å². The molecule has 1 aromatic heterocycles. The molecule has 0 spiro atoms. The van der Waals surface area contributed by atoms with Crippen LogP contribution in [0.1, 0.15) is 17.0 Å². The third-order valence-corrected chi connectivity index (χ3v) is 4.20. The Hall–Kier alpha value is -2.20. The number of aryl methyl sites for hydroxylation is 2. The summed E-state index contributed by atoms with van der Waals surface area (Å²) in [4.78, 5) is 16.4. The molecule has 3 rings (SSSR count). The summed E-state index contributed by atoms with van der Waals surface area (Å²) >= 11 is 1.64. The van der Waals surface area contributed by atoms with Crippen LogP contribution in [-0.4, -0.2) is 10.9 Å². The second-order valence-electron chi connectivity index (χ2n) is 4.95. The highest BCUT2D eigenvalue weighted by Gasteiger charge is 2.05. The van der Waals surface area contributed by atoms with Crippen LogP contribution in [0.4, 0.5) is 5.69 Å². The number of fused-ring (bicyclic) bond motifs is 1. The summed E-state index contributed by atoms with van der Waals surface area (Å²) in [6, 6.07) is 15.9. The average Bonchev–Trinajstić information content (AvgIpc) is 2.85. The van der Waals surface area contributed by atoms with Crippen LogP contribution in [0, 0.1) is 6.92 Å². The van der Waals surface area contributed by atoms with Crippen molar-refractivity contribution in [3.8, 4) is 0 Å². The number of thiazole rings is 1. The third kappa shape index (κ3) is 3.47. The van der Waals surface area contributed by atoms with Crippen LogP contribution in [-0.2, 0) is 11.2 Å². The third-order valence-electron chi connectivity index (χ3n) is 3.26. The molecular formula is C17H16N2OS. The Bertz CT molecular complexity index is 765. The van der Waals surface area contributed by atoms with E-state index in [1.807, 2.05) is 55.5 Å². The van der Waals surface area contributed by atoms with E-state index in [1.54, 1.807) is 11.3 Å². The van der Waals surface area contributed by atoms with Crippen molar-refractivity contribution < 1.29 is 4.79 Å². The maximum Gasteiger partial charge on any atom is 0.224 e. The molecule has 0 radical (unpaired) electrons. The number of anilines is 1. The van der Waals surface area contributed by atoms with Gasteiger partial charge in [0.2, 0.25) is 5.91 Å². The predicted octanol–water partition coefficient (Wildman–Crippen LogP) is 4.18. The zero-order valence-corrected chi connectivity index (χ0v) is 12.6. The van der Waals surface area contributed by atoms with Crippen LogP contribution in [0.25, 0.3) is 10.2 Å². The lowest BCUT2D eigenvalue weighted by Gasteiger charge is -2.05. The minimum absolute atomic E-state index is 0.0411. The molecule has 1 heterocycles. The van der Waals surface area contributed by atoms with Crippen LogP contribution < -0.4 is 5.32 Å². The largest absolute Gasteiger partial charge is 0.326 e. The van der Waals surface area contributed by atoms with Gasteiger partial charge in [-0.25, -0.2) is 4.98 Å². The van der Waals surface area contributed by atoms with Crippen molar-refractivity contribution in [2.75, 3.05) is 5.32 Å². The van der Waals surface area contributed by atoms with Gasteiger partial charge in [0.25, 0.3) is 0 Å². The normalized spacial score (nSPS) is 10.7. The van der Waals surface area contributed by atoms with Crippen LogP contribution >= 0.6 is 11.3 Å². The van der Waals surface area contributed by atoms with E-state index in [4.69, 9.17) is 0 Å². The van der Waals surface area contributed by atoms with Crippen molar-refractivity contribution in [2.24, 2.45) is 0 Å². The second kappa shape index (κ2) is 6.06. The van der Waals surface area contributed by atoms with Gasteiger partial charge < -0.3 is 5.32 Å². The number of aromatic nitrogens is 1. The van der Waals surface area contributed by atoms with Gasteiger partial charge in [-0.15, -0.1) is 11.3 Å². The lowest BCUT2D eigenvalue weighted by Crippen LogP contribution is -2.12. The lowest BCUT2D eigenvalue weighted by molar-refractivity contribution is -0.116. The van der Waals surface area contributed by atoms with Crippen molar-refractivity contribution >= 4 is 33.1 Å². The van der Waals surface area contributed by atoms with Gasteiger partial charge in [-0.05, 0) is 37.1 Å². The number of nitrogens with one attached hydrogen (secondary N) is 1. The van der Waals surface area contributed by atoms with Gasteiger partial charge in [-0.1, -0.05) is 30.3 Å². The van der Waals surface area contributed by atoms with E-state index in [9.17, 15) is 4.79 Å². The monoisotopic (exact) mass is 296 g/mol. The molecule has 0 atom stereocenters. The molecule has 0 aliphatic heterocycles. The molecule has 1 amide bonds. The SMILES string of the molecule is Cc1nc2ccc(NC(=O)CCc3ccccc3)cc2s1. The number of rotatable bonds is 4. The molecule has 0 saturated carbocycles. The number of carbonyl (C=O) groups excluding carboxylic acids is 1. The Balaban J connectivity index is 1.63. The van der Waals surface area contributed by atoms with E-state index in [0.29, 0.717) is 6.42 Å². The van der Waals surface area contributed by atoms with Crippen molar-refractivity contribution in [2.45, 2.75) is 19.8 Å². The van der Waals surface area contributed by atoms with Crippen molar-refractivity contribution in [1.29, 1.82) is 0 Å². The van der Waals surface area contributed by atoms with Gasteiger partial charge in [0, 0.05) is 12.1 Å². The molecule has 21 heavy (non-hydrogen) atoms. The minimum Gasteiger partial charge on any atom is -0.326 e. The minimum atomic E-state index is 0.0411. The number of hydrogen-bond donors (Lipinski definition) is 1. The fourth-order valence-electron chi connectivity index (χ4n) is 2.24. The van der Waals surface area contributed by atoms with Crippen molar-refractivity contribution in [3.63, 3.8) is 0 Å². The Labute approximate surface area is 127 Å². The molecule has 0 unspecified atom stereocenters. The van der Waals surface area contributed by atoms with Crippen LogP contribution in [0.15, 0.2) is 48.5 Å². The molecule has 1 N–H and O–H groups in total. The number of hydrogen-bond acceptors (Lipinski definition) is 3. The Morgan fingerprint density at radius 1 is 1.19 bits per heavy atom. The molecule has 0 saturated heterocycles. The van der Waals surface area contributed by atoms with Gasteiger partial charge >= 0.3 is 0 Å². The zero-order chi connectivity index (χ0) is 14.7. The van der Waals surface area contributed by atoms with Crippen molar-refractivity contribution in [1.82, 2.24) is 4.98 Å². The summed E-state index contributed by atoms with van der Waals surface area (Å²) in [5.74, 6) is 0.0411. The fraction of sp³-hybridized carbons (Fsp3) is 0.176. The fourth-order valence-corrected chi connectivity index (χ4v) is 3.11. The summed E-state index contributed by atoms with van der Waals surface area (Å²) in [7, 11) is 0. The molecule has 2 aromatic carbocycles. The molecule has 106 valence electrons. The second-order valence-corrected chi connectivity index (χ2v) is 6.18. The Morgan fingerprint density at radius 2 is 2.00 bits per heavy atom. The highest BCUT2D eigenvalue weighted by atomic mass is 32.1. The summed E-state index contributed by atoms with van der Waals surface area (Å²) in [5.41, 5.74) is 3.00. The maximum atomic E-state index is 12.0. The number of amides is 1. The standard InChI is InChI=1S/C17H16N2OS/c1-12-18-15-9-8-14(11-16(15)21-12)19-17(20)10-7-13-5-3-2-4-6-13/h2-6,8-9,11H,7,10H2,1H3,(H,19,20). The summed E-state index contributed by atoms with van der Waals surface area (Å²) in [6.07, 6.45) is 1.25. The average molecular weight is 296 g/mol. The van der Waals surface area contributed by atoms with Crippen molar-refractivity contribution in [3.05, 3.63) is 59.1 Å². The van der Waals surface area contributed by atoms with Gasteiger partial charge in [0.05, 0.1) is 15.2 Å². The van der Waals surface area contributed by atoms with E-state index in [0.717, 1.165) is 27.3 Å². The van der Waals surface area contributed by atoms with Gasteiger partial charge in [0.15, 0.2) is 0 Å². The number of carbonyl (C=O) groups is 1. The van der Waals surface area contributed by atoms with E-state index in [-0.39, 0.29) is 5.91 Å². The predicted molar refractivity (Wildman–Crippen MR) is 87.7 cm³/mol. The highest BCUT2D eigenvalue weighted by molar-refractivity contribution is 7.18. The zero-order valence-electron chi connectivity index (χ0n) is 11.8. The quantitative estimate of drug-likeness (QED) is 0.785. The molecule has 0 fully saturated rings. The topological polar surface area (TPSA) is 42.0 Å². The first-order valence-corrected chi connectivity index (χ1v) is 7.73. The lowest BCUT2D eigenvalue weighted by atomic mass is 10.1. The number of benzene rings is 2. The first kappa shape index (κ1) is 13.8. The van der Waals surface area contributed by atoms with Gasteiger partial charge in [0.1, 0.15) is 0 Å². The summed E-state index contributed by atoms with van der Waals surface area (Å²) in [5, 5.41) is 3.99. The Kier molecular flexibility index (Phi) is 3.97. The highest BCUT2D eigenvalue weighted by Crippen LogP contribution is 2.24. The van der Waals surface area contributed by atoms with Gasteiger partial charge in [-0.3, -0.25) is 4.79 Å². The van der Waals surface area contributed by atoms with E-state index in [1.165, 1.54) is 5.56 Å². The molecule has 3 aromatic rings. The molecule has 0 bridgehead atoms. The maximum absolute atomic E-state index is 12.0. The molecular weight excluding hydrogens is 280 g/mol. The van der Waals surface area contributed by atoms with Gasteiger partial charge in [-0.2, -0.15) is 0 Å². The molecule has 0 aliphatic carbocycles. The molecule has 3 nitrogen and oxygen atoms in total. The van der Waals surface area contributed by atoms with E-state index in [2.05, 4.69) is 10.3 Å². The number of nitrogens with zero attached hydrogens (tertiary/aromatic N) is 1. The Morgan fingerprint density at radius 3 is 2.81 bits per heavy atom.